The van der Waals surface area contributed by atoms with Crippen molar-refractivity contribution in [2.75, 3.05) is 11.5 Å². The van der Waals surface area contributed by atoms with Crippen molar-refractivity contribution in [2.24, 2.45) is 0 Å². The molecule has 12 heteroatoms. The lowest BCUT2D eigenvalue weighted by Crippen LogP contribution is -2.41. The number of rotatable bonds is 8. The van der Waals surface area contributed by atoms with Gasteiger partial charge < -0.3 is 19.8 Å². The molecule has 0 saturated heterocycles. The first-order valence-corrected chi connectivity index (χ1v) is 13.3. The largest absolute Gasteiger partial charge is 0.454 e. The van der Waals surface area contributed by atoms with Crippen molar-refractivity contribution in [3.05, 3.63) is 53.1 Å². The number of aromatic nitrogens is 4. The first-order valence-electron chi connectivity index (χ1n) is 10.8. The Labute approximate surface area is 208 Å². The zero-order valence-electron chi connectivity index (χ0n) is 19.6. The number of terminal acetylenes is 1. The molecular formula is C23H26N6O4S2. The van der Waals surface area contributed by atoms with Gasteiger partial charge in [-0.1, -0.05) is 24.1 Å². The Kier molecular flexibility index (Phi) is 6.93. The Morgan fingerprint density at radius 2 is 2.06 bits per heavy atom. The van der Waals surface area contributed by atoms with Crippen LogP contribution in [0.5, 0.6) is 0 Å². The van der Waals surface area contributed by atoms with Crippen LogP contribution in [0.25, 0.3) is 11.2 Å². The van der Waals surface area contributed by atoms with Crippen LogP contribution in [-0.2, 0) is 26.0 Å². The summed E-state index contributed by atoms with van der Waals surface area (Å²) in [6, 6.07) is 7.37. The van der Waals surface area contributed by atoms with Crippen molar-refractivity contribution in [1.29, 1.82) is 0 Å². The van der Waals surface area contributed by atoms with E-state index in [1.807, 2.05) is 24.3 Å². The van der Waals surface area contributed by atoms with E-state index in [0.717, 1.165) is 5.56 Å². The van der Waals surface area contributed by atoms with Crippen LogP contribution < -0.4 is 10.5 Å². The number of hydrogen-bond acceptors (Lipinski definition) is 9. The standard InChI is InChI=1S/C23H26N6O4S2/c1-5-15-9-6-7-10-16(15)21-32-13-17(33-21)34-22-27-18-19(24)25-14-26-20(18)29(22)11-8-12-35(30,31)28-23(2,3)4/h1,6-7,9-10,13-14,21,28H,8,11-12H2,2-4H3,(H2,24,25,26). The summed E-state index contributed by atoms with van der Waals surface area (Å²) >= 11 is 1.22. The molecule has 3 N–H and O–H groups in total. The van der Waals surface area contributed by atoms with Crippen LogP contribution in [0.2, 0.25) is 0 Å². The van der Waals surface area contributed by atoms with E-state index < -0.39 is 21.9 Å². The van der Waals surface area contributed by atoms with Crippen molar-refractivity contribution in [2.45, 2.75) is 50.7 Å². The fourth-order valence-corrected chi connectivity index (χ4v) is 5.92. The summed E-state index contributed by atoms with van der Waals surface area (Å²) in [5.41, 5.74) is 7.82. The number of fused-ring (bicyclic) bond motifs is 1. The fourth-order valence-electron chi connectivity index (χ4n) is 3.53. The highest BCUT2D eigenvalue weighted by Gasteiger charge is 2.27. The van der Waals surface area contributed by atoms with Gasteiger partial charge in [0.2, 0.25) is 15.1 Å². The second kappa shape index (κ2) is 9.77. The number of nitrogens with zero attached hydrogens (tertiary/aromatic N) is 4. The Balaban J connectivity index is 1.53. The van der Waals surface area contributed by atoms with Gasteiger partial charge in [-0.05, 0) is 45.0 Å². The monoisotopic (exact) mass is 514 g/mol. The van der Waals surface area contributed by atoms with Gasteiger partial charge in [0.25, 0.3) is 6.29 Å². The van der Waals surface area contributed by atoms with Crippen molar-refractivity contribution in [1.82, 2.24) is 24.2 Å². The molecule has 35 heavy (non-hydrogen) atoms. The van der Waals surface area contributed by atoms with E-state index in [1.165, 1.54) is 24.4 Å². The molecule has 0 amide bonds. The van der Waals surface area contributed by atoms with E-state index in [2.05, 4.69) is 25.6 Å². The molecule has 0 aliphatic carbocycles. The van der Waals surface area contributed by atoms with E-state index in [4.69, 9.17) is 21.6 Å². The predicted octanol–water partition coefficient (Wildman–Crippen LogP) is 3.13. The highest BCUT2D eigenvalue weighted by Crippen LogP contribution is 2.39. The summed E-state index contributed by atoms with van der Waals surface area (Å²) in [4.78, 5) is 12.9. The topological polar surface area (TPSA) is 134 Å². The highest BCUT2D eigenvalue weighted by molar-refractivity contribution is 8.02. The molecule has 1 aromatic carbocycles. The Morgan fingerprint density at radius 1 is 1.29 bits per heavy atom. The molecule has 0 radical (unpaired) electrons. The van der Waals surface area contributed by atoms with E-state index in [0.29, 0.717) is 39.9 Å². The van der Waals surface area contributed by atoms with E-state index in [-0.39, 0.29) is 11.6 Å². The van der Waals surface area contributed by atoms with Crippen LogP contribution in [0.1, 0.15) is 44.6 Å². The molecule has 2 aromatic heterocycles. The normalized spacial score (nSPS) is 15.9. The van der Waals surface area contributed by atoms with Gasteiger partial charge in [0.15, 0.2) is 22.1 Å². The third-order valence-electron chi connectivity index (χ3n) is 4.85. The molecule has 0 saturated carbocycles. The van der Waals surface area contributed by atoms with Gasteiger partial charge in [-0.3, -0.25) is 0 Å². The number of anilines is 1. The molecule has 1 unspecified atom stereocenters. The Morgan fingerprint density at radius 3 is 2.80 bits per heavy atom. The molecule has 10 nitrogen and oxygen atoms in total. The first kappa shape index (κ1) is 24.8. The SMILES string of the molecule is C#Cc1ccccc1C1OC=C(Sc2nc3c(N)ncnc3n2CCCS(=O)(=O)NC(C)(C)C)O1. The lowest BCUT2D eigenvalue weighted by molar-refractivity contribution is -0.0275. The number of ether oxygens (including phenoxy) is 2. The number of imidazole rings is 1. The van der Waals surface area contributed by atoms with Gasteiger partial charge in [-0.2, -0.15) is 0 Å². The van der Waals surface area contributed by atoms with Gasteiger partial charge in [0.05, 0.1) is 5.75 Å². The average Bonchev–Trinajstić information content (AvgIpc) is 3.38. The third kappa shape index (κ3) is 5.87. The number of nitrogens with one attached hydrogen (secondary N) is 1. The smallest absolute Gasteiger partial charge is 0.269 e. The summed E-state index contributed by atoms with van der Waals surface area (Å²) in [6.45, 7) is 5.75. The summed E-state index contributed by atoms with van der Waals surface area (Å²) in [5, 5.41) is 0.987. The number of nitrogens with two attached hydrogens (primary N) is 1. The van der Waals surface area contributed by atoms with Crippen LogP contribution in [0.3, 0.4) is 0 Å². The number of hydrogen-bond donors (Lipinski definition) is 2. The molecule has 0 fully saturated rings. The Bertz CT molecular complexity index is 1420. The molecule has 4 rings (SSSR count). The molecule has 1 aliphatic rings. The van der Waals surface area contributed by atoms with E-state index in [9.17, 15) is 8.42 Å². The highest BCUT2D eigenvalue weighted by atomic mass is 32.2. The van der Waals surface area contributed by atoms with Crippen LogP contribution in [-0.4, -0.2) is 39.2 Å². The molecule has 0 bridgehead atoms. The molecular weight excluding hydrogens is 488 g/mol. The number of nitrogen functional groups attached to an aromatic ring is 1. The predicted molar refractivity (Wildman–Crippen MR) is 134 cm³/mol. The molecule has 184 valence electrons. The lowest BCUT2D eigenvalue weighted by Gasteiger charge is -2.20. The van der Waals surface area contributed by atoms with Gasteiger partial charge in [-0.15, -0.1) is 6.42 Å². The molecule has 1 atom stereocenters. The summed E-state index contributed by atoms with van der Waals surface area (Å²) in [6.07, 6.45) is 8.10. The maximum Gasteiger partial charge on any atom is 0.269 e. The average molecular weight is 515 g/mol. The van der Waals surface area contributed by atoms with Gasteiger partial charge in [0.1, 0.15) is 12.6 Å². The van der Waals surface area contributed by atoms with Crippen molar-refractivity contribution >= 4 is 38.8 Å². The second-order valence-corrected chi connectivity index (χ2v) is 11.7. The number of thioether (sulfide) groups is 1. The number of sulfonamides is 1. The van der Waals surface area contributed by atoms with Crippen LogP contribution in [0.4, 0.5) is 5.82 Å². The lowest BCUT2D eigenvalue weighted by atomic mass is 10.1. The van der Waals surface area contributed by atoms with Crippen LogP contribution in [0.15, 0.2) is 47.1 Å². The summed E-state index contributed by atoms with van der Waals surface area (Å²) in [7, 11) is -3.45. The second-order valence-electron chi connectivity index (χ2n) is 8.86. The minimum Gasteiger partial charge on any atom is -0.454 e. The number of aryl methyl sites for hydroxylation is 1. The molecule has 0 spiro atoms. The number of benzene rings is 1. The van der Waals surface area contributed by atoms with E-state index in [1.54, 1.807) is 25.3 Å². The quantitative estimate of drug-likeness (QED) is 0.435. The summed E-state index contributed by atoms with van der Waals surface area (Å²) < 4.78 is 41.0. The van der Waals surface area contributed by atoms with Crippen molar-refractivity contribution < 1.29 is 17.9 Å². The van der Waals surface area contributed by atoms with Crippen LogP contribution >= 0.6 is 11.8 Å². The van der Waals surface area contributed by atoms with Crippen molar-refractivity contribution in [3.63, 3.8) is 0 Å². The zero-order chi connectivity index (χ0) is 25.2. The zero-order valence-corrected chi connectivity index (χ0v) is 21.2. The van der Waals surface area contributed by atoms with Gasteiger partial charge in [0, 0.05) is 23.2 Å². The minimum absolute atomic E-state index is 0.0537. The summed E-state index contributed by atoms with van der Waals surface area (Å²) in [5.74, 6) is 2.81. The van der Waals surface area contributed by atoms with Crippen LogP contribution in [0, 0.1) is 12.3 Å². The fraction of sp³-hybridized carbons (Fsp3) is 0.348. The van der Waals surface area contributed by atoms with Gasteiger partial charge >= 0.3 is 0 Å². The maximum atomic E-state index is 12.4. The molecule has 3 heterocycles. The van der Waals surface area contributed by atoms with E-state index >= 15 is 0 Å². The van der Waals surface area contributed by atoms with Gasteiger partial charge in [-0.25, -0.2) is 28.1 Å². The first-order chi connectivity index (χ1) is 16.6. The minimum atomic E-state index is -3.45. The molecule has 3 aromatic rings. The molecule has 1 aliphatic heterocycles. The maximum absolute atomic E-state index is 12.4. The van der Waals surface area contributed by atoms with Crippen molar-refractivity contribution in [3.8, 4) is 12.3 Å². The third-order valence-corrected chi connectivity index (χ3v) is 7.49. The Hall–Kier alpha value is -3.27.